The molecular formula is C47H34. The van der Waals surface area contributed by atoms with Crippen LogP contribution >= 0.6 is 0 Å². The van der Waals surface area contributed by atoms with Gasteiger partial charge in [0.05, 0.1) is 0 Å². The summed E-state index contributed by atoms with van der Waals surface area (Å²) in [6, 6.07) is 56.2. The lowest BCUT2D eigenvalue weighted by Gasteiger charge is -2.20. The van der Waals surface area contributed by atoms with Crippen LogP contribution < -0.4 is 0 Å². The Bertz CT molecular complexity index is 2380. The van der Waals surface area contributed by atoms with Crippen LogP contribution in [0.15, 0.2) is 152 Å². The summed E-state index contributed by atoms with van der Waals surface area (Å²) in [7, 11) is 0. The van der Waals surface area contributed by atoms with Crippen molar-refractivity contribution in [2.75, 3.05) is 0 Å². The monoisotopic (exact) mass is 598 g/mol. The van der Waals surface area contributed by atoms with E-state index in [1.54, 1.807) is 0 Å². The number of hydrogen-bond acceptors (Lipinski definition) is 0. The maximum Gasteiger partial charge on any atom is -0.000741 e. The average Bonchev–Trinajstić information content (AvgIpc) is 3.43. The third-order valence-corrected chi connectivity index (χ3v) is 10.1. The molecule has 0 N–H and O–H groups in total. The van der Waals surface area contributed by atoms with Gasteiger partial charge in [-0.2, -0.15) is 0 Å². The molecule has 9 rings (SSSR count). The number of rotatable bonds is 4. The summed E-state index contributed by atoms with van der Waals surface area (Å²) >= 11 is 0. The summed E-state index contributed by atoms with van der Waals surface area (Å²) in [4.78, 5) is 0. The van der Waals surface area contributed by atoms with Gasteiger partial charge in [-0.25, -0.2) is 0 Å². The lowest BCUT2D eigenvalue weighted by atomic mass is 9.82. The van der Waals surface area contributed by atoms with Crippen LogP contribution in [-0.4, -0.2) is 0 Å². The molecule has 8 aromatic rings. The highest BCUT2D eigenvalue weighted by Crippen LogP contribution is 2.58. The highest BCUT2D eigenvalue weighted by atomic mass is 14.3. The molecule has 47 heavy (non-hydrogen) atoms. The van der Waals surface area contributed by atoms with Crippen molar-refractivity contribution in [1.82, 2.24) is 0 Å². The molecule has 0 spiro atoms. The summed E-state index contributed by atoms with van der Waals surface area (Å²) in [5.41, 5.74) is 19.5. The zero-order valence-corrected chi connectivity index (χ0v) is 26.9. The summed E-state index contributed by atoms with van der Waals surface area (Å²) in [6.07, 6.45) is 0. The van der Waals surface area contributed by atoms with Crippen molar-refractivity contribution in [1.29, 1.82) is 0 Å². The highest BCUT2D eigenvalue weighted by molar-refractivity contribution is 6.28. The van der Waals surface area contributed by atoms with Crippen LogP contribution in [0.4, 0.5) is 0 Å². The minimum absolute atomic E-state index is 1.25. The molecule has 0 radical (unpaired) electrons. The topological polar surface area (TPSA) is 0 Å². The third kappa shape index (κ3) is 4.22. The summed E-state index contributed by atoms with van der Waals surface area (Å²) in [5, 5.41) is 5.25. The van der Waals surface area contributed by atoms with Gasteiger partial charge in [0.15, 0.2) is 0 Å². The van der Waals surface area contributed by atoms with Crippen molar-refractivity contribution in [2.24, 2.45) is 0 Å². The second-order valence-electron chi connectivity index (χ2n) is 13.0. The smallest absolute Gasteiger partial charge is 0.000741 e. The molecule has 0 heterocycles. The fraction of sp³-hybridized carbons (Fsp3) is 0.0638. The van der Waals surface area contributed by atoms with Gasteiger partial charge in [-0.15, -0.1) is 0 Å². The molecule has 8 aromatic carbocycles. The van der Waals surface area contributed by atoms with Gasteiger partial charge in [0.1, 0.15) is 0 Å². The number of hydrogen-bond donors (Lipinski definition) is 0. The van der Waals surface area contributed by atoms with Gasteiger partial charge in [-0.05, 0) is 120 Å². The van der Waals surface area contributed by atoms with Crippen LogP contribution in [0.1, 0.15) is 16.7 Å². The van der Waals surface area contributed by atoms with E-state index >= 15 is 0 Å². The summed E-state index contributed by atoms with van der Waals surface area (Å²) < 4.78 is 0. The van der Waals surface area contributed by atoms with E-state index in [1.807, 2.05) is 0 Å². The molecule has 0 unspecified atom stereocenters. The predicted molar refractivity (Wildman–Crippen MR) is 202 cm³/mol. The van der Waals surface area contributed by atoms with Crippen molar-refractivity contribution < 1.29 is 0 Å². The quantitative estimate of drug-likeness (QED) is 0.189. The number of aryl methyl sites for hydroxylation is 3. The molecule has 0 atom stereocenters. The van der Waals surface area contributed by atoms with Crippen molar-refractivity contribution in [3.8, 4) is 66.8 Å². The fourth-order valence-corrected chi connectivity index (χ4v) is 8.13. The molecule has 0 amide bonds. The molecule has 0 saturated carbocycles. The molecule has 0 nitrogen and oxygen atoms in total. The van der Waals surface area contributed by atoms with Gasteiger partial charge in [0.25, 0.3) is 0 Å². The summed E-state index contributed by atoms with van der Waals surface area (Å²) in [5.74, 6) is 0. The van der Waals surface area contributed by atoms with E-state index in [4.69, 9.17) is 0 Å². The Morgan fingerprint density at radius 2 is 0.787 bits per heavy atom. The number of fused-ring (bicyclic) bond motifs is 4. The molecule has 1 aliphatic carbocycles. The second-order valence-corrected chi connectivity index (χ2v) is 13.0. The van der Waals surface area contributed by atoms with E-state index in [2.05, 4.69) is 172 Å². The van der Waals surface area contributed by atoms with Crippen LogP contribution in [0.2, 0.25) is 0 Å². The van der Waals surface area contributed by atoms with E-state index in [0.717, 1.165) is 0 Å². The van der Waals surface area contributed by atoms with Gasteiger partial charge in [-0.1, -0.05) is 157 Å². The standard InChI is InChI=1S/C47H34/c1-29-21-23-32(24-22-29)35-27-30(2)42(31(3)28-35)39-25-26-41-45-38(39)19-12-20-40(45)46-43(33-13-6-4-7-14-33)36-17-10-11-18-37(36)44(47(41)46)34-15-8-5-9-16-34/h4-28H,1-3H3. The SMILES string of the molecule is Cc1ccc(-c2cc(C)c(-c3ccc4c5c(cccc35)-c3c-4c(-c4ccccc4)c4ccccc4c3-c3ccccc3)c(C)c2)cc1. The van der Waals surface area contributed by atoms with Crippen LogP contribution in [-0.2, 0) is 0 Å². The zero-order chi connectivity index (χ0) is 31.6. The molecule has 222 valence electrons. The lowest BCUT2D eigenvalue weighted by molar-refractivity contribution is 1.38. The van der Waals surface area contributed by atoms with E-state index in [1.165, 1.54) is 105 Å². The average molecular weight is 599 g/mol. The Morgan fingerprint density at radius 1 is 0.298 bits per heavy atom. The first-order valence-electron chi connectivity index (χ1n) is 16.5. The van der Waals surface area contributed by atoms with E-state index in [9.17, 15) is 0 Å². The van der Waals surface area contributed by atoms with Crippen LogP contribution in [0.3, 0.4) is 0 Å². The maximum atomic E-state index is 2.40. The van der Waals surface area contributed by atoms with E-state index in [-0.39, 0.29) is 0 Å². The largest absolute Gasteiger partial charge is 0.0622 e. The Morgan fingerprint density at radius 3 is 1.36 bits per heavy atom. The van der Waals surface area contributed by atoms with Crippen molar-refractivity contribution in [3.05, 3.63) is 168 Å². The van der Waals surface area contributed by atoms with E-state index in [0.29, 0.717) is 0 Å². The first kappa shape index (κ1) is 27.6. The Labute approximate surface area is 276 Å². The molecule has 1 aliphatic rings. The molecule has 0 aromatic heterocycles. The van der Waals surface area contributed by atoms with Crippen LogP contribution in [0.5, 0.6) is 0 Å². The predicted octanol–water partition coefficient (Wildman–Crippen LogP) is 13.2. The molecule has 0 fully saturated rings. The summed E-state index contributed by atoms with van der Waals surface area (Å²) in [6.45, 7) is 6.68. The van der Waals surface area contributed by atoms with Crippen molar-refractivity contribution in [3.63, 3.8) is 0 Å². The second kappa shape index (κ2) is 10.7. The number of benzene rings is 8. The fourth-order valence-electron chi connectivity index (χ4n) is 8.13. The molecule has 0 saturated heterocycles. The minimum Gasteiger partial charge on any atom is -0.0622 e. The first-order valence-corrected chi connectivity index (χ1v) is 16.5. The maximum absolute atomic E-state index is 2.40. The lowest BCUT2D eigenvalue weighted by Crippen LogP contribution is -1.93. The molecule has 0 aliphatic heterocycles. The van der Waals surface area contributed by atoms with Crippen LogP contribution in [0.25, 0.3) is 88.3 Å². The van der Waals surface area contributed by atoms with Crippen molar-refractivity contribution in [2.45, 2.75) is 20.8 Å². The van der Waals surface area contributed by atoms with Gasteiger partial charge in [-0.3, -0.25) is 0 Å². The highest BCUT2D eigenvalue weighted by Gasteiger charge is 2.31. The minimum atomic E-state index is 1.25. The molecule has 0 bridgehead atoms. The van der Waals surface area contributed by atoms with E-state index < -0.39 is 0 Å². The Kier molecular flexibility index (Phi) is 6.27. The normalized spacial score (nSPS) is 11.7. The Balaban J connectivity index is 1.36. The van der Waals surface area contributed by atoms with Gasteiger partial charge in [0.2, 0.25) is 0 Å². The third-order valence-electron chi connectivity index (χ3n) is 10.1. The zero-order valence-electron chi connectivity index (χ0n) is 26.9. The van der Waals surface area contributed by atoms with Gasteiger partial charge < -0.3 is 0 Å². The van der Waals surface area contributed by atoms with Gasteiger partial charge in [0, 0.05) is 0 Å². The van der Waals surface area contributed by atoms with Crippen molar-refractivity contribution >= 4 is 21.5 Å². The molecular weight excluding hydrogens is 565 g/mol. The van der Waals surface area contributed by atoms with Crippen LogP contribution in [0, 0.1) is 20.8 Å². The Hall–Kier alpha value is -5.72. The van der Waals surface area contributed by atoms with Gasteiger partial charge >= 0.3 is 0 Å². The molecule has 0 heteroatoms. The first-order chi connectivity index (χ1) is 23.1.